The highest BCUT2D eigenvalue weighted by molar-refractivity contribution is 6.02. The van der Waals surface area contributed by atoms with E-state index in [-0.39, 0.29) is 22.5 Å². The molecule has 1 aromatic rings. The number of Topliss-reactive ketones (excluding diaryl/α,β-unsaturated/α-hetero) is 1. The van der Waals surface area contributed by atoms with Gasteiger partial charge < -0.3 is 19.6 Å². The molecule has 8 nitrogen and oxygen atoms in total. The maximum absolute atomic E-state index is 13.2. The van der Waals surface area contributed by atoms with Crippen molar-refractivity contribution in [2.24, 2.45) is 34.5 Å². The van der Waals surface area contributed by atoms with E-state index in [0.717, 1.165) is 95.6 Å². The predicted molar refractivity (Wildman–Crippen MR) is 183 cm³/mol. The van der Waals surface area contributed by atoms with Crippen LogP contribution in [-0.2, 0) is 9.59 Å². The van der Waals surface area contributed by atoms with Gasteiger partial charge in [0.15, 0.2) is 5.78 Å². The summed E-state index contributed by atoms with van der Waals surface area (Å²) in [6.45, 7) is 16.6. The normalized spacial score (nSPS) is 35.8. The average Bonchev–Trinajstić information content (AvgIpc) is 3.82. The summed E-state index contributed by atoms with van der Waals surface area (Å²) in [6.07, 6.45) is 15.4. The van der Waals surface area contributed by atoms with Crippen molar-refractivity contribution in [3.8, 4) is 0 Å². The number of hydrogen-bond acceptors (Lipinski definition) is 8. The van der Waals surface area contributed by atoms with Gasteiger partial charge in [0.05, 0.1) is 5.41 Å². The highest BCUT2D eigenvalue weighted by atomic mass is 16.1. The van der Waals surface area contributed by atoms with Crippen LogP contribution in [0.2, 0.25) is 0 Å². The lowest BCUT2D eigenvalue weighted by molar-refractivity contribution is -0.126. The molecule has 3 aliphatic heterocycles. The van der Waals surface area contributed by atoms with Crippen LogP contribution >= 0.6 is 0 Å². The lowest BCUT2D eigenvalue weighted by Gasteiger charge is -2.55. The van der Waals surface area contributed by atoms with Crippen molar-refractivity contribution in [2.75, 3.05) is 67.1 Å². The first-order valence-corrected chi connectivity index (χ1v) is 18.2. The monoisotopic (exact) mass is 624 g/mol. The quantitative estimate of drug-likeness (QED) is 0.381. The standard InChI is InChI=1S/C38H52N6O2/c1-25-21-31-29-10-9-27-22-28(46)23-32(38(27,4)30(29)11-12-37(31,3)35(25)26(2)45)41-17-19-43(20-18-41)34-24-33(42-13-5-6-14-42)39-36(40-34)44-15-7-8-16-44/h11,22-25,29,31,35H,5-10,12-21H2,1-4H3/t25-,29-,31+,35-,37+,38+/m1/s1. The number of carbonyl (C=O) groups excluding carboxylic acids is 2. The molecule has 0 radical (unpaired) electrons. The summed E-state index contributed by atoms with van der Waals surface area (Å²) >= 11 is 0. The highest BCUT2D eigenvalue weighted by Crippen LogP contribution is 2.66. The zero-order valence-electron chi connectivity index (χ0n) is 28.4. The Bertz CT molecular complexity index is 1480. The van der Waals surface area contributed by atoms with Gasteiger partial charge in [0.2, 0.25) is 5.95 Å². The third-order valence-corrected chi connectivity index (χ3v) is 13.3. The van der Waals surface area contributed by atoms with Gasteiger partial charge in [0, 0.05) is 76.1 Å². The number of aromatic nitrogens is 2. The van der Waals surface area contributed by atoms with Gasteiger partial charge in [-0.25, -0.2) is 0 Å². The minimum Gasteiger partial charge on any atom is -0.370 e. The summed E-state index contributed by atoms with van der Waals surface area (Å²) < 4.78 is 0. The number of piperazine rings is 1. The SMILES string of the molecule is CC(=O)[C@H]1[C@H](C)C[C@H]2[C@@H]3CCC4=CC(=O)C=C(N5CCN(c6cc(N7CCCC7)nc(N7CCCC7)n6)CC5)[C@]4(C)C3=CC[C@@]21C. The molecule has 0 bridgehead atoms. The largest absolute Gasteiger partial charge is 0.370 e. The molecule has 2 saturated carbocycles. The second-order valence-corrected chi connectivity index (χ2v) is 15.9. The maximum Gasteiger partial charge on any atom is 0.229 e. The Kier molecular flexibility index (Phi) is 7.37. The second kappa shape index (κ2) is 11.2. The van der Waals surface area contributed by atoms with Gasteiger partial charge in [-0.1, -0.05) is 31.1 Å². The summed E-state index contributed by atoms with van der Waals surface area (Å²) in [4.78, 5) is 46.0. The molecule has 246 valence electrons. The smallest absolute Gasteiger partial charge is 0.229 e. The number of allylic oxidation sites excluding steroid dienone is 4. The number of rotatable bonds is 5. The Morgan fingerprint density at radius 3 is 2.11 bits per heavy atom. The molecule has 0 amide bonds. The minimum absolute atomic E-state index is 0.0381. The number of fused-ring (bicyclic) bond motifs is 5. The molecular weight excluding hydrogens is 572 g/mol. The highest BCUT2D eigenvalue weighted by Gasteiger charge is 2.60. The number of hydrogen-bond donors (Lipinski definition) is 0. The molecule has 46 heavy (non-hydrogen) atoms. The Hall–Kier alpha value is -3.16. The van der Waals surface area contributed by atoms with E-state index in [2.05, 4.69) is 52.5 Å². The third-order valence-electron chi connectivity index (χ3n) is 13.3. The Labute approximate surface area is 275 Å². The zero-order chi connectivity index (χ0) is 31.8. The molecule has 4 aliphatic carbocycles. The van der Waals surface area contributed by atoms with Crippen LogP contribution in [0.3, 0.4) is 0 Å². The van der Waals surface area contributed by atoms with E-state index >= 15 is 0 Å². The summed E-state index contributed by atoms with van der Waals surface area (Å²) in [6, 6.07) is 2.22. The Morgan fingerprint density at radius 2 is 1.46 bits per heavy atom. The molecule has 0 N–H and O–H groups in total. The molecular formula is C38H52N6O2. The Morgan fingerprint density at radius 1 is 0.848 bits per heavy atom. The molecule has 8 heteroatoms. The summed E-state index contributed by atoms with van der Waals surface area (Å²) in [5.41, 5.74) is 3.79. The van der Waals surface area contributed by atoms with E-state index in [0.29, 0.717) is 23.5 Å². The number of nitrogens with zero attached hydrogens (tertiary/aromatic N) is 6. The van der Waals surface area contributed by atoms with E-state index in [1.807, 2.05) is 19.1 Å². The van der Waals surface area contributed by atoms with Gasteiger partial charge in [-0.3, -0.25) is 9.59 Å². The first kappa shape index (κ1) is 30.2. The molecule has 0 spiro atoms. The van der Waals surface area contributed by atoms with Crippen molar-refractivity contribution in [2.45, 2.75) is 79.1 Å². The summed E-state index contributed by atoms with van der Waals surface area (Å²) in [5.74, 6) is 5.08. The van der Waals surface area contributed by atoms with Crippen LogP contribution in [0.25, 0.3) is 0 Å². The summed E-state index contributed by atoms with van der Waals surface area (Å²) in [5, 5.41) is 0. The molecule has 1 aromatic heterocycles. The molecule has 6 atom stereocenters. The fraction of sp³-hybridized carbons (Fsp3) is 0.684. The van der Waals surface area contributed by atoms with E-state index < -0.39 is 0 Å². The topological polar surface area (TPSA) is 72.9 Å². The lowest BCUT2D eigenvalue weighted by Crippen LogP contribution is -2.52. The first-order valence-electron chi connectivity index (χ1n) is 18.2. The van der Waals surface area contributed by atoms with Crippen LogP contribution in [0, 0.1) is 34.5 Å². The van der Waals surface area contributed by atoms with Crippen molar-refractivity contribution >= 4 is 29.2 Å². The second-order valence-electron chi connectivity index (χ2n) is 15.9. The van der Waals surface area contributed by atoms with E-state index in [1.54, 1.807) is 0 Å². The van der Waals surface area contributed by atoms with Gasteiger partial charge in [-0.05, 0) is 94.5 Å². The van der Waals surface area contributed by atoms with Gasteiger partial charge in [0.25, 0.3) is 0 Å². The van der Waals surface area contributed by atoms with Gasteiger partial charge >= 0.3 is 0 Å². The Balaban J connectivity index is 1.06. The van der Waals surface area contributed by atoms with E-state index in [4.69, 9.17) is 9.97 Å². The van der Waals surface area contributed by atoms with Crippen molar-refractivity contribution in [1.29, 1.82) is 0 Å². The number of ketones is 2. The van der Waals surface area contributed by atoms with E-state index in [1.165, 1.54) is 42.5 Å². The fourth-order valence-corrected chi connectivity index (χ4v) is 11.2. The molecule has 0 unspecified atom stereocenters. The molecule has 4 heterocycles. The summed E-state index contributed by atoms with van der Waals surface area (Å²) in [7, 11) is 0. The maximum atomic E-state index is 13.2. The van der Waals surface area contributed by atoms with Crippen molar-refractivity contribution in [3.05, 3.63) is 41.1 Å². The van der Waals surface area contributed by atoms with Crippen LogP contribution < -0.4 is 14.7 Å². The fourth-order valence-electron chi connectivity index (χ4n) is 11.2. The van der Waals surface area contributed by atoms with Gasteiger partial charge in [0.1, 0.15) is 17.4 Å². The lowest BCUT2D eigenvalue weighted by atomic mass is 9.51. The van der Waals surface area contributed by atoms with Crippen LogP contribution in [-0.4, -0.2) is 78.8 Å². The molecule has 8 rings (SSSR count). The van der Waals surface area contributed by atoms with Crippen molar-refractivity contribution in [3.63, 3.8) is 0 Å². The predicted octanol–water partition coefficient (Wildman–Crippen LogP) is 5.81. The van der Waals surface area contributed by atoms with Gasteiger partial charge in [-0.2, -0.15) is 9.97 Å². The zero-order valence-corrected chi connectivity index (χ0v) is 28.4. The molecule has 7 aliphatic rings. The molecule has 5 fully saturated rings. The average molecular weight is 625 g/mol. The van der Waals surface area contributed by atoms with Crippen LogP contribution in [0.15, 0.2) is 41.1 Å². The van der Waals surface area contributed by atoms with E-state index in [9.17, 15) is 9.59 Å². The van der Waals surface area contributed by atoms with Crippen LogP contribution in [0.1, 0.15) is 79.1 Å². The third kappa shape index (κ3) is 4.67. The molecule has 0 aromatic carbocycles. The minimum atomic E-state index is -0.251. The van der Waals surface area contributed by atoms with Crippen molar-refractivity contribution in [1.82, 2.24) is 14.9 Å². The first-order chi connectivity index (χ1) is 22.2. The number of anilines is 3. The number of carbonyl (C=O) groups is 2. The van der Waals surface area contributed by atoms with Gasteiger partial charge in [-0.15, -0.1) is 0 Å². The van der Waals surface area contributed by atoms with Crippen LogP contribution in [0.5, 0.6) is 0 Å². The van der Waals surface area contributed by atoms with Crippen LogP contribution in [0.4, 0.5) is 17.6 Å². The molecule has 3 saturated heterocycles. The van der Waals surface area contributed by atoms with Crippen molar-refractivity contribution < 1.29 is 9.59 Å².